The van der Waals surface area contributed by atoms with Crippen LogP contribution in [0.1, 0.15) is 64.6 Å². The first-order chi connectivity index (χ1) is 15.9. The number of amides is 1. The van der Waals surface area contributed by atoms with Crippen LogP contribution in [0.25, 0.3) is 5.70 Å². The molecule has 1 amide bonds. The Balaban J connectivity index is 0.000000780. The van der Waals surface area contributed by atoms with Gasteiger partial charge in [-0.3, -0.25) is 4.79 Å². The number of thiazole rings is 1. The van der Waals surface area contributed by atoms with Gasteiger partial charge in [-0.05, 0) is 51.3 Å². The Hall–Kier alpha value is -2.90. The number of hydrogen-bond acceptors (Lipinski definition) is 6. The third kappa shape index (κ3) is 13.3. The number of carbonyl (C=O) groups is 1. The van der Waals surface area contributed by atoms with Crippen LogP contribution in [0, 0.1) is 6.92 Å². The summed E-state index contributed by atoms with van der Waals surface area (Å²) in [5.41, 5.74) is 14.8. The van der Waals surface area contributed by atoms with Crippen LogP contribution >= 0.6 is 11.3 Å². The molecule has 0 aliphatic rings. The average molecular weight is 472 g/mol. The first-order valence-corrected chi connectivity index (χ1v) is 12.2. The second-order valence-electron chi connectivity index (χ2n) is 7.30. The number of rotatable bonds is 10. The number of hydrogen-bond donors (Lipinski definition) is 4. The molecule has 6 nitrogen and oxygen atoms in total. The summed E-state index contributed by atoms with van der Waals surface area (Å²) in [7, 11) is 0. The van der Waals surface area contributed by atoms with E-state index in [-0.39, 0.29) is 6.41 Å². The van der Waals surface area contributed by atoms with Crippen molar-refractivity contribution in [2.75, 3.05) is 10.6 Å². The van der Waals surface area contributed by atoms with E-state index < -0.39 is 0 Å². The van der Waals surface area contributed by atoms with Gasteiger partial charge in [0.2, 0.25) is 6.41 Å². The van der Waals surface area contributed by atoms with Gasteiger partial charge in [-0.25, -0.2) is 4.98 Å². The van der Waals surface area contributed by atoms with Gasteiger partial charge < -0.3 is 22.1 Å². The summed E-state index contributed by atoms with van der Waals surface area (Å²) in [6.45, 7) is 14.5. The second-order valence-corrected chi connectivity index (χ2v) is 8.16. The molecule has 2 aromatic rings. The van der Waals surface area contributed by atoms with Gasteiger partial charge in [-0.15, -0.1) is 11.3 Å². The number of nitrogens with two attached hydrogens (primary N) is 2. The summed E-state index contributed by atoms with van der Waals surface area (Å²) < 4.78 is 0. The van der Waals surface area contributed by atoms with Gasteiger partial charge in [-0.1, -0.05) is 63.6 Å². The number of nitrogens with zero attached hydrogens (tertiary/aromatic N) is 1. The van der Waals surface area contributed by atoms with Crippen LogP contribution in [0.4, 0.5) is 10.8 Å². The van der Waals surface area contributed by atoms with Gasteiger partial charge >= 0.3 is 0 Å². The van der Waals surface area contributed by atoms with Crippen molar-refractivity contribution in [3.05, 3.63) is 71.4 Å². The van der Waals surface area contributed by atoms with Crippen LogP contribution in [0.5, 0.6) is 0 Å². The van der Waals surface area contributed by atoms with Crippen LogP contribution in [-0.4, -0.2) is 17.4 Å². The van der Waals surface area contributed by atoms with Gasteiger partial charge in [0.15, 0.2) is 5.13 Å². The van der Waals surface area contributed by atoms with E-state index in [0.717, 1.165) is 27.9 Å². The average Bonchev–Trinajstić information content (AvgIpc) is 3.25. The molecule has 1 heterocycles. The van der Waals surface area contributed by atoms with Crippen LogP contribution in [-0.2, 0) is 4.79 Å². The van der Waals surface area contributed by atoms with Crippen molar-refractivity contribution in [1.82, 2.24) is 4.98 Å². The molecule has 0 aliphatic heterocycles. The molecular weight excluding hydrogens is 430 g/mol. The Morgan fingerprint density at radius 3 is 2.30 bits per heavy atom. The lowest BCUT2D eigenvalue weighted by Gasteiger charge is -2.10. The predicted molar refractivity (Wildman–Crippen MR) is 146 cm³/mol. The fraction of sp³-hybridized carbons (Fsp3) is 0.385. The van der Waals surface area contributed by atoms with Crippen LogP contribution in [0.2, 0.25) is 0 Å². The maximum absolute atomic E-state index is 8.58. The van der Waals surface area contributed by atoms with Gasteiger partial charge in [0.05, 0.1) is 11.4 Å². The zero-order chi connectivity index (χ0) is 25.1. The maximum atomic E-state index is 8.58. The molecule has 0 bridgehead atoms. The fourth-order valence-corrected chi connectivity index (χ4v) is 3.55. The van der Waals surface area contributed by atoms with Crippen LogP contribution in [0.15, 0.2) is 60.1 Å². The SMILES string of the molecule is C=C(Nc1ccccc1C)c1csc(NC(/C=C\C)=C/C)n1.CCCC(N)CCC.NC=O. The second kappa shape index (κ2) is 18.7. The lowest BCUT2D eigenvalue weighted by molar-refractivity contribution is -0.106. The Bertz CT molecular complexity index is 867. The minimum atomic E-state index is 0.250. The van der Waals surface area contributed by atoms with E-state index >= 15 is 0 Å². The molecule has 0 saturated carbocycles. The van der Waals surface area contributed by atoms with Crippen molar-refractivity contribution in [3.8, 4) is 0 Å². The normalized spacial score (nSPS) is 10.7. The number of aromatic nitrogens is 1. The van der Waals surface area contributed by atoms with E-state index in [1.807, 2.05) is 55.7 Å². The topological polar surface area (TPSA) is 106 Å². The molecule has 182 valence electrons. The number of aryl methyl sites for hydroxylation is 1. The van der Waals surface area contributed by atoms with E-state index in [1.165, 1.54) is 31.2 Å². The summed E-state index contributed by atoms with van der Waals surface area (Å²) in [6.07, 6.45) is 11.1. The fourth-order valence-electron chi connectivity index (χ4n) is 2.81. The highest BCUT2D eigenvalue weighted by Crippen LogP contribution is 2.24. The minimum Gasteiger partial charge on any atom is -0.372 e. The molecule has 0 aliphatic carbocycles. The van der Waals surface area contributed by atoms with E-state index in [0.29, 0.717) is 6.04 Å². The number of allylic oxidation sites excluding steroid dienone is 3. The lowest BCUT2D eigenvalue weighted by Crippen LogP contribution is -2.18. The van der Waals surface area contributed by atoms with Gasteiger partial charge in [-0.2, -0.15) is 0 Å². The molecule has 0 spiro atoms. The zero-order valence-corrected chi connectivity index (χ0v) is 21.5. The minimum absolute atomic E-state index is 0.250. The third-order valence-corrected chi connectivity index (χ3v) is 5.23. The molecule has 0 saturated heterocycles. The predicted octanol–water partition coefficient (Wildman–Crippen LogP) is 6.44. The summed E-state index contributed by atoms with van der Waals surface area (Å²) >= 11 is 1.56. The Labute approximate surface area is 203 Å². The van der Waals surface area contributed by atoms with Gasteiger partial charge in [0, 0.05) is 22.8 Å². The standard InChI is InChI=1S/C18H21N3S.C7H17N.CH3NO/c1-5-9-15(6-2)20-18-21-17(12-22-18)14(4)19-16-11-8-7-10-13(16)3;1-3-5-7(8)6-4-2;2-1-3/h5-12,19H,4H2,1-3H3,(H,20,21);7H,3-6,8H2,1-2H3;1H,(H2,2,3)/b9-5-,15-6+;;. The highest BCUT2D eigenvalue weighted by Gasteiger charge is 2.07. The van der Waals surface area contributed by atoms with Crippen molar-refractivity contribution in [1.29, 1.82) is 0 Å². The molecule has 6 N–H and O–H groups in total. The molecule has 0 radical (unpaired) electrons. The van der Waals surface area contributed by atoms with Crippen molar-refractivity contribution in [3.63, 3.8) is 0 Å². The first-order valence-electron chi connectivity index (χ1n) is 11.3. The molecule has 33 heavy (non-hydrogen) atoms. The highest BCUT2D eigenvalue weighted by atomic mass is 32.1. The summed E-state index contributed by atoms with van der Waals surface area (Å²) in [6, 6.07) is 8.60. The van der Waals surface area contributed by atoms with Crippen LogP contribution < -0.4 is 22.1 Å². The van der Waals surface area contributed by atoms with Crippen molar-refractivity contribution in [2.45, 2.75) is 66.3 Å². The summed E-state index contributed by atoms with van der Waals surface area (Å²) in [4.78, 5) is 13.2. The molecule has 0 atom stereocenters. The van der Waals surface area contributed by atoms with Crippen LogP contribution in [0.3, 0.4) is 0 Å². The quantitative estimate of drug-likeness (QED) is 0.236. The molecule has 1 aromatic carbocycles. The number of primary amides is 1. The Kier molecular flexibility index (Phi) is 17.0. The van der Waals surface area contributed by atoms with E-state index in [4.69, 9.17) is 10.5 Å². The van der Waals surface area contributed by atoms with Gasteiger partial charge in [0.1, 0.15) is 0 Å². The first kappa shape index (κ1) is 30.1. The lowest BCUT2D eigenvalue weighted by atomic mass is 10.1. The molecule has 1 aromatic heterocycles. The molecule has 2 rings (SSSR count). The number of carbonyl (C=O) groups excluding carboxylic acids is 1. The number of benzene rings is 1. The Morgan fingerprint density at radius 1 is 1.18 bits per heavy atom. The smallest absolute Gasteiger partial charge is 0.204 e. The molecular formula is C26H41N5OS. The Morgan fingerprint density at radius 2 is 1.79 bits per heavy atom. The van der Waals surface area contributed by atoms with E-state index in [1.54, 1.807) is 11.3 Å². The number of anilines is 2. The van der Waals surface area contributed by atoms with Gasteiger partial charge in [0.25, 0.3) is 0 Å². The zero-order valence-electron chi connectivity index (χ0n) is 20.7. The summed E-state index contributed by atoms with van der Waals surface area (Å²) in [5.74, 6) is 0. The van der Waals surface area contributed by atoms with E-state index in [9.17, 15) is 0 Å². The monoisotopic (exact) mass is 471 g/mol. The highest BCUT2D eigenvalue weighted by molar-refractivity contribution is 7.13. The summed E-state index contributed by atoms with van der Waals surface area (Å²) in [5, 5.41) is 9.47. The largest absolute Gasteiger partial charge is 0.372 e. The molecule has 0 unspecified atom stereocenters. The number of nitrogens with one attached hydrogen (secondary N) is 2. The maximum Gasteiger partial charge on any atom is 0.204 e. The van der Waals surface area contributed by atoms with Crippen molar-refractivity contribution in [2.24, 2.45) is 11.5 Å². The molecule has 7 heteroatoms. The number of para-hydroxylation sites is 1. The van der Waals surface area contributed by atoms with Crippen molar-refractivity contribution < 1.29 is 4.79 Å². The van der Waals surface area contributed by atoms with Crippen molar-refractivity contribution >= 4 is 34.3 Å². The molecule has 0 fully saturated rings. The third-order valence-electron chi connectivity index (χ3n) is 4.47. The van der Waals surface area contributed by atoms with E-state index in [2.05, 4.69) is 54.8 Å².